The maximum atomic E-state index is 11.1. The maximum absolute atomic E-state index is 11.1. The topological polar surface area (TPSA) is 185 Å². The van der Waals surface area contributed by atoms with Crippen LogP contribution in [0.4, 0.5) is 5.95 Å². The molecule has 0 saturated carbocycles. The van der Waals surface area contributed by atoms with E-state index in [1.807, 2.05) is 24.4 Å². The van der Waals surface area contributed by atoms with Crippen molar-refractivity contribution >= 4 is 23.9 Å². The van der Waals surface area contributed by atoms with Gasteiger partial charge in [0.2, 0.25) is 5.95 Å². The number of benzene rings is 1. The molecule has 0 amide bonds. The fraction of sp³-hybridized carbons (Fsp3) is 0.519. The predicted molar refractivity (Wildman–Crippen MR) is 140 cm³/mol. The fourth-order valence-electron chi connectivity index (χ4n) is 4.93. The van der Waals surface area contributed by atoms with E-state index in [-0.39, 0.29) is 0 Å². The van der Waals surface area contributed by atoms with Gasteiger partial charge in [0.25, 0.3) is 0 Å². The van der Waals surface area contributed by atoms with Crippen LogP contribution in [-0.4, -0.2) is 90.1 Å². The van der Waals surface area contributed by atoms with E-state index in [0.717, 1.165) is 62.8 Å². The van der Waals surface area contributed by atoms with Crippen LogP contribution in [0.2, 0.25) is 0 Å². The van der Waals surface area contributed by atoms with Crippen LogP contribution in [0, 0.1) is 6.92 Å². The minimum Gasteiger partial charge on any atom is -0.481 e. The molecule has 1 aromatic heterocycles. The first-order valence-electron chi connectivity index (χ1n) is 12.9. The third-order valence-corrected chi connectivity index (χ3v) is 7.09. The van der Waals surface area contributed by atoms with E-state index in [9.17, 15) is 19.5 Å². The molecule has 212 valence electrons. The van der Waals surface area contributed by atoms with Gasteiger partial charge in [0.1, 0.15) is 0 Å². The van der Waals surface area contributed by atoms with Crippen molar-refractivity contribution in [2.24, 2.45) is 0 Å². The van der Waals surface area contributed by atoms with Gasteiger partial charge in [-0.05, 0) is 49.8 Å². The average Bonchev–Trinajstić information content (AvgIpc) is 3.41. The third kappa shape index (κ3) is 8.19. The van der Waals surface area contributed by atoms with Gasteiger partial charge in [0, 0.05) is 38.9 Å². The summed E-state index contributed by atoms with van der Waals surface area (Å²) in [6, 6.07) is 10.2. The number of nitrogens with zero attached hydrogens (tertiary/aromatic N) is 4. The van der Waals surface area contributed by atoms with Crippen LogP contribution in [-0.2, 0) is 26.5 Å². The van der Waals surface area contributed by atoms with Crippen molar-refractivity contribution in [3.63, 3.8) is 0 Å². The number of likely N-dealkylation sites (tertiary alicyclic amines) is 1. The molecule has 2 aliphatic heterocycles. The molecule has 2 aliphatic rings. The number of carboxylic acids is 3. The Hall–Kier alpha value is -3.61. The Kier molecular flexibility index (Phi) is 9.95. The number of piperidine rings is 1. The number of carbonyl (C=O) groups is 3. The fourth-order valence-corrected chi connectivity index (χ4v) is 4.93. The first-order valence-corrected chi connectivity index (χ1v) is 12.9. The summed E-state index contributed by atoms with van der Waals surface area (Å²) in [6.45, 7) is 6.81. The molecule has 2 saturated heterocycles. The lowest BCUT2D eigenvalue weighted by atomic mass is 9.82. The molecule has 3 heterocycles. The summed E-state index contributed by atoms with van der Waals surface area (Å²) in [5.74, 6) is -4.15. The van der Waals surface area contributed by atoms with Crippen molar-refractivity contribution in [1.82, 2.24) is 14.9 Å². The Bertz CT molecular complexity index is 1140. The highest BCUT2D eigenvalue weighted by Crippen LogP contribution is 2.35. The van der Waals surface area contributed by atoms with E-state index in [4.69, 9.17) is 25.4 Å². The molecule has 2 aromatic rings. The first kappa shape index (κ1) is 29.9. The highest BCUT2D eigenvalue weighted by Gasteiger charge is 2.41. The highest BCUT2D eigenvalue weighted by molar-refractivity contribution is 5.88. The summed E-state index contributed by atoms with van der Waals surface area (Å²) in [5, 5.41) is 44.9. The molecule has 39 heavy (non-hydrogen) atoms. The number of aliphatic hydroxyl groups is 2. The quantitative estimate of drug-likeness (QED) is 0.308. The van der Waals surface area contributed by atoms with Gasteiger partial charge in [-0.1, -0.05) is 24.3 Å². The lowest BCUT2D eigenvalue weighted by Crippen LogP contribution is -2.42. The summed E-state index contributed by atoms with van der Waals surface area (Å²) >= 11 is 0. The second-order valence-corrected chi connectivity index (χ2v) is 10.1. The van der Waals surface area contributed by atoms with Gasteiger partial charge >= 0.3 is 17.9 Å². The Morgan fingerprint density at radius 3 is 2.08 bits per heavy atom. The van der Waals surface area contributed by atoms with Crippen LogP contribution in [0.1, 0.15) is 55.3 Å². The molecule has 0 atom stereocenters. The molecule has 0 radical (unpaired) electrons. The number of rotatable bonds is 9. The molecule has 2 fully saturated rings. The van der Waals surface area contributed by atoms with E-state index >= 15 is 0 Å². The van der Waals surface area contributed by atoms with Gasteiger partial charge in [-0.2, -0.15) is 0 Å². The highest BCUT2D eigenvalue weighted by atomic mass is 16.4. The third-order valence-electron chi connectivity index (χ3n) is 7.09. The number of aryl methyl sites for hydroxylation is 1. The normalized spacial score (nSPS) is 17.3. The molecule has 0 unspecified atom stereocenters. The number of hydrogen-bond acceptors (Lipinski definition) is 9. The summed E-state index contributed by atoms with van der Waals surface area (Å²) in [7, 11) is 0. The zero-order valence-corrected chi connectivity index (χ0v) is 22.0. The van der Waals surface area contributed by atoms with Crippen molar-refractivity contribution in [2.45, 2.75) is 63.2 Å². The van der Waals surface area contributed by atoms with E-state index in [1.165, 1.54) is 18.4 Å². The molecule has 12 nitrogen and oxygen atoms in total. The molecular weight excluding hydrogens is 508 g/mol. The van der Waals surface area contributed by atoms with Crippen molar-refractivity contribution in [3.05, 3.63) is 53.3 Å². The first-order chi connectivity index (χ1) is 18.4. The standard InChI is InChI=1S/C21H28N4O.C6H8O7/c1-17-6-2-3-7-19(17)21(26)9-14-24(15-10-21)16-18-8-11-22-20(23-18)25-12-4-5-13-25;7-3(8)1-6(13,5(11)12)2-4(9)10/h2-3,6-8,11,26H,4-5,9-10,12-16H2,1H3;13H,1-2H2,(H,7,8)(H,9,10)(H,11,12). The van der Waals surface area contributed by atoms with Gasteiger partial charge in [-0.25, -0.2) is 14.8 Å². The van der Waals surface area contributed by atoms with E-state index < -0.39 is 42.0 Å². The summed E-state index contributed by atoms with van der Waals surface area (Å²) < 4.78 is 0. The summed E-state index contributed by atoms with van der Waals surface area (Å²) in [5.41, 5.74) is -0.109. The van der Waals surface area contributed by atoms with Crippen LogP contribution >= 0.6 is 0 Å². The SMILES string of the molecule is Cc1ccccc1C1(O)CCN(Cc2ccnc(N3CCCC3)n2)CC1.O=C(O)CC(O)(CC(=O)O)C(=O)O. The lowest BCUT2D eigenvalue weighted by molar-refractivity contribution is -0.170. The number of aliphatic carboxylic acids is 3. The van der Waals surface area contributed by atoms with E-state index in [2.05, 4.69) is 33.8 Å². The molecular formula is C27H36N4O8. The van der Waals surface area contributed by atoms with Crippen molar-refractivity contribution in [2.75, 3.05) is 31.1 Å². The second kappa shape index (κ2) is 13.0. The molecule has 0 spiro atoms. The van der Waals surface area contributed by atoms with Gasteiger partial charge in [-0.3, -0.25) is 14.5 Å². The Morgan fingerprint density at radius 2 is 1.54 bits per heavy atom. The van der Waals surface area contributed by atoms with E-state index in [1.54, 1.807) is 0 Å². The van der Waals surface area contributed by atoms with Crippen LogP contribution in [0.5, 0.6) is 0 Å². The van der Waals surface area contributed by atoms with Crippen molar-refractivity contribution < 1.29 is 39.9 Å². The molecule has 0 bridgehead atoms. The lowest BCUT2D eigenvalue weighted by Gasteiger charge is -2.39. The van der Waals surface area contributed by atoms with Gasteiger partial charge in [0.05, 0.1) is 24.1 Å². The number of carboxylic acid groups (broad SMARTS) is 3. The second-order valence-electron chi connectivity index (χ2n) is 10.1. The van der Waals surface area contributed by atoms with Crippen LogP contribution in [0.25, 0.3) is 0 Å². The number of aromatic nitrogens is 2. The molecule has 12 heteroatoms. The van der Waals surface area contributed by atoms with Gasteiger partial charge in [0.15, 0.2) is 5.60 Å². The summed E-state index contributed by atoms with van der Waals surface area (Å²) in [6.07, 6.45) is 3.59. The Morgan fingerprint density at radius 1 is 0.949 bits per heavy atom. The summed E-state index contributed by atoms with van der Waals surface area (Å²) in [4.78, 5) is 44.4. The van der Waals surface area contributed by atoms with Crippen molar-refractivity contribution in [3.8, 4) is 0 Å². The molecule has 5 N–H and O–H groups in total. The van der Waals surface area contributed by atoms with Crippen LogP contribution < -0.4 is 4.90 Å². The zero-order valence-electron chi connectivity index (χ0n) is 22.0. The Balaban J connectivity index is 0.000000276. The predicted octanol–water partition coefficient (Wildman–Crippen LogP) is 1.62. The van der Waals surface area contributed by atoms with Gasteiger partial charge in [-0.15, -0.1) is 0 Å². The van der Waals surface area contributed by atoms with E-state index in [0.29, 0.717) is 0 Å². The van der Waals surface area contributed by atoms with Crippen molar-refractivity contribution in [1.29, 1.82) is 0 Å². The zero-order chi connectivity index (χ0) is 28.6. The molecule has 4 rings (SSSR count). The largest absolute Gasteiger partial charge is 0.481 e. The van der Waals surface area contributed by atoms with Crippen LogP contribution in [0.15, 0.2) is 36.5 Å². The number of anilines is 1. The average molecular weight is 545 g/mol. The van der Waals surface area contributed by atoms with Crippen LogP contribution in [0.3, 0.4) is 0 Å². The minimum absolute atomic E-state index is 0.700. The van der Waals surface area contributed by atoms with Gasteiger partial charge < -0.3 is 30.4 Å². The maximum Gasteiger partial charge on any atom is 0.336 e. The monoisotopic (exact) mass is 544 g/mol. The molecule has 1 aromatic carbocycles. The Labute approximate surface area is 226 Å². The number of hydrogen-bond donors (Lipinski definition) is 5. The minimum atomic E-state index is -2.74. The molecule has 0 aliphatic carbocycles. The smallest absolute Gasteiger partial charge is 0.336 e.